The first-order valence-corrected chi connectivity index (χ1v) is 12.4. The molecule has 0 saturated carbocycles. The van der Waals surface area contributed by atoms with Crippen molar-refractivity contribution in [2.75, 3.05) is 6.61 Å². The van der Waals surface area contributed by atoms with Crippen molar-refractivity contribution >= 4 is 39.3 Å². The Morgan fingerprint density at radius 2 is 1.85 bits per heavy atom. The molecule has 2 atom stereocenters. The number of hydrogen-bond donors (Lipinski definition) is 1. The summed E-state index contributed by atoms with van der Waals surface area (Å²) in [5.74, 6) is 0.0970. The minimum atomic E-state index is -0.666. The highest BCUT2D eigenvalue weighted by atomic mass is 79.9. The molecule has 0 bridgehead atoms. The van der Waals surface area contributed by atoms with Gasteiger partial charge in [-0.05, 0) is 77.0 Å². The summed E-state index contributed by atoms with van der Waals surface area (Å²) in [6.45, 7) is 12.1. The summed E-state index contributed by atoms with van der Waals surface area (Å²) in [6, 6.07) is 12.5. The maximum atomic E-state index is 13.2. The number of nitrogens with zero attached hydrogens (tertiary/aromatic N) is 1. The Balaban J connectivity index is 2.19. The van der Waals surface area contributed by atoms with Gasteiger partial charge in [0.15, 0.2) is 6.61 Å². The summed E-state index contributed by atoms with van der Waals surface area (Å²) in [6.07, 6.45) is 0.808. The van der Waals surface area contributed by atoms with Gasteiger partial charge >= 0.3 is 0 Å². The number of ether oxygens (including phenoxy) is 1. The number of hydrogen-bond acceptors (Lipinski definition) is 3. The van der Waals surface area contributed by atoms with E-state index in [-0.39, 0.29) is 36.4 Å². The molecule has 2 amide bonds. The zero-order chi connectivity index (χ0) is 24.8. The Labute approximate surface area is 211 Å². The molecular weight excluding hydrogens is 504 g/mol. The molecule has 33 heavy (non-hydrogen) atoms. The van der Waals surface area contributed by atoms with Crippen molar-refractivity contribution in [2.24, 2.45) is 0 Å². The van der Waals surface area contributed by atoms with Crippen LogP contribution in [0.15, 0.2) is 46.9 Å². The fourth-order valence-electron chi connectivity index (χ4n) is 3.19. The highest BCUT2D eigenvalue weighted by Crippen LogP contribution is 2.31. The molecule has 180 valence electrons. The maximum Gasteiger partial charge on any atom is 0.261 e. The molecule has 7 heteroatoms. The Kier molecular flexibility index (Phi) is 9.80. The van der Waals surface area contributed by atoms with Gasteiger partial charge in [-0.3, -0.25) is 9.59 Å². The van der Waals surface area contributed by atoms with E-state index in [4.69, 9.17) is 16.3 Å². The van der Waals surface area contributed by atoms with Crippen LogP contribution in [0.2, 0.25) is 5.02 Å². The van der Waals surface area contributed by atoms with E-state index >= 15 is 0 Å². The second kappa shape index (κ2) is 11.9. The number of carbonyl (C=O) groups is 2. The van der Waals surface area contributed by atoms with E-state index in [1.165, 1.54) is 4.90 Å². The molecule has 0 radical (unpaired) electrons. The Morgan fingerprint density at radius 1 is 1.15 bits per heavy atom. The second-order valence-electron chi connectivity index (χ2n) is 9.33. The van der Waals surface area contributed by atoms with Crippen LogP contribution in [-0.4, -0.2) is 35.4 Å². The fraction of sp³-hybridized carbons (Fsp3) is 0.462. The third kappa shape index (κ3) is 8.04. The summed E-state index contributed by atoms with van der Waals surface area (Å²) in [5.41, 5.74) is 2.00. The lowest BCUT2D eigenvalue weighted by Crippen LogP contribution is -2.50. The van der Waals surface area contributed by atoms with Crippen LogP contribution in [0.5, 0.6) is 5.75 Å². The summed E-state index contributed by atoms with van der Waals surface area (Å²) in [7, 11) is 0. The van der Waals surface area contributed by atoms with Crippen molar-refractivity contribution in [1.82, 2.24) is 10.2 Å². The molecule has 0 saturated heterocycles. The average Bonchev–Trinajstić information content (AvgIpc) is 2.75. The van der Waals surface area contributed by atoms with E-state index in [2.05, 4.69) is 42.0 Å². The van der Waals surface area contributed by atoms with Crippen LogP contribution in [0.1, 0.15) is 59.1 Å². The van der Waals surface area contributed by atoms with Gasteiger partial charge in [0.1, 0.15) is 11.8 Å². The molecule has 0 aliphatic carbocycles. The van der Waals surface area contributed by atoms with Gasteiger partial charge in [-0.15, -0.1) is 0 Å². The van der Waals surface area contributed by atoms with Gasteiger partial charge in [0.05, 0.1) is 4.47 Å². The third-order valence-corrected chi connectivity index (χ3v) is 6.41. The Morgan fingerprint density at radius 3 is 2.42 bits per heavy atom. The van der Waals surface area contributed by atoms with Gasteiger partial charge in [-0.2, -0.15) is 0 Å². The first kappa shape index (κ1) is 27.2. The van der Waals surface area contributed by atoms with E-state index in [0.717, 1.165) is 22.0 Å². The van der Waals surface area contributed by atoms with Crippen LogP contribution in [-0.2, 0) is 21.5 Å². The molecule has 0 spiro atoms. The van der Waals surface area contributed by atoms with Crippen molar-refractivity contribution in [3.63, 3.8) is 0 Å². The molecule has 2 rings (SSSR count). The Bertz CT molecular complexity index is 974. The number of nitrogens with one attached hydrogen (secondary N) is 1. The van der Waals surface area contributed by atoms with Crippen LogP contribution in [0, 0.1) is 0 Å². The lowest BCUT2D eigenvalue weighted by Gasteiger charge is -2.29. The van der Waals surface area contributed by atoms with E-state index < -0.39 is 6.04 Å². The topological polar surface area (TPSA) is 58.6 Å². The van der Waals surface area contributed by atoms with Gasteiger partial charge in [0.25, 0.3) is 5.91 Å². The van der Waals surface area contributed by atoms with Crippen LogP contribution in [0.3, 0.4) is 0 Å². The highest BCUT2D eigenvalue weighted by Gasteiger charge is 2.27. The standard InChI is InChI=1S/C26H34BrClN2O3/c1-7-17(2)29-25(32)18(3)30(15-19-9-8-10-21(28)13-19)24(31)16-33-23-12-11-20(14-22(23)27)26(4,5)6/h8-14,17-18H,7,15-16H2,1-6H3,(H,29,32)/t17-,18+/m1/s1. The Hall–Kier alpha value is -2.05. The first-order chi connectivity index (χ1) is 15.4. The zero-order valence-electron chi connectivity index (χ0n) is 20.2. The molecular formula is C26H34BrClN2O3. The van der Waals surface area contributed by atoms with Gasteiger partial charge in [0.2, 0.25) is 5.91 Å². The van der Waals surface area contributed by atoms with Crippen LogP contribution >= 0.6 is 27.5 Å². The minimum absolute atomic E-state index is 0.00302. The molecule has 0 aliphatic heterocycles. The van der Waals surface area contributed by atoms with Crippen molar-refractivity contribution in [1.29, 1.82) is 0 Å². The lowest BCUT2D eigenvalue weighted by molar-refractivity contribution is -0.142. The number of carbonyl (C=O) groups excluding carboxylic acids is 2. The predicted molar refractivity (Wildman–Crippen MR) is 138 cm³/mol. The minimum Gasteiger partial charge on any atom is -0.483 e. The second-order valence-corrected chi connectivity index (χ2v) is 10.6. The smallest absolute Gasteiger partial charge is 0.261 e. The molecule has 2 aromatic carbocycles. The normalized spacial score (nSPS) is 13.2. The van der Waals surface area contributed by atoms with E-state index in [1.54, 1.807) is 19.1 Å². The van der Waals surface area contributed by atoms with Gasteiger partial charge in [-0.1, -0.05) is 57.5 Å². The van der Waals surface area contributed by atoms with Crippen molar-refractivity contribution < 1.29 is 14.3 Å². The number of benzene rings is 2. The molecule has 2 aromatic rings. The van der Waals surface area contributed by atoms with Gasteiger partial charge < -0.3 is 15.0 Å². The summed E-state index contributed by atoms with van der Waals surface area (Å²) in [4.78, 5) is 27.5. The number of halogens is 2. The van der Waals surface area contributed by atoms with Crippen molar-refractivity contribution in [2.45, 2.75) is 72.0 Å². The third-order valence-electron chi connectivity index (χ3n) is 5.56. The molecule has 0 unspecified atom stereocenters. The summed E-state index contributed by atoms with van der Waals surface area (Å²) >= 11 is 9.68. The summed E-state index contributed by atoms with van der Waals surface area (Å²) in [5, 5.41) is 3.54. The van der Waals surface area contributed by atoms with Crippen molar-refractivity contribution in [3.05, 3.63) is 63.1 Å². The molecule has 0 aromatic heterocycles. The average molecular weight is 538 g/mol. The highest BCUT2D eigenvalue weighted by molar-refractivity contribution is 9.10. The van der Waals surface area contributed by atoms with Gasteiger partial charge in [0, 0.05) is 17.6 Å². The fourth-order valence-corrected chi connectivity index (χ4v) is 3.89. The number of amides is 2. The molecule has 1 N–H and O–H groups in total. The van der Waals surface area contributed by atoms with Crippen LogP contribution in [0.25, 0.3) is 0 Å². The predicted octanol–water partition coefficient (Wildman–Crippen LogP) is 6.11. The van der Waals surface area contributed by atoms with E-state index in [9.17, 15) is 9.59 Å². The zero-order valence-corrected chi connectivity index (χ0v) is 22.6. The van der Waals surface area contributed by atoms with Crippen LogP contribution in [0.4, 0.5) is 0 Å². The largest absolute Gasteiger partial charge is 0.483 e. The van der Waals surface area contributed by atoms with E-state index in [0.29, 0.717) is 10.8 Å². The number of rotatable bonds is 9. The molecule has 0 fully saturated rings. The first-order valence-electron chi connectivity index (χ1n) is 11.2. The SMILES string of the molecule is CC[C@@H](C)NC(=O)[C@H](C)N(Cc1cccc(Cl)c1)C(=O)COc1ccc(C(C)(C)C)cc1Br. The van der Waals surface area contributed by atoms with E-state index in [1.807, 2.05) is 44.2 Å². The summed E-state index contributed by atoms with van der Waals surface area (Å²) < 4.78 is 6.63. The monoisotopic (exact) mass is 536 g/mol. The van der Waals surface area contributed by atoms with Crippen molar-refractivity contribution in [3.8, 4) is 5.75 Å². The lowest BCUT2D eigenvalue weighted by atomic mass is 9.87. The molecule has 0 aliphatic rings. The van der Waals surface area contributed by atoms with Gasteiger partial charge in [-0.25, -0.2) is 0 Å². The van der Waals surface area contributed by atoms with Crippen LogP contribution < -0.4 is 10.1 Å². The quantitative estimate of drug-likeness (QED) is 0.420. The maximum absolute atomic E-state index is 13.2. The molecule has 0 heterocycles. The molecule has 5 nitrogen and oxygen atoms in total.